The van der Waals surface area contributed by atoms with Crippen molar-refractivity contribution in [3.63, 3.8) is 0 Å². The molecule has 0 bridgehead atoms. The number of morpholine rings is 1. The van der Waals surface area contributed by atoms with Gasteiger partial charge in [-0.15, -0.1) is 0 Å². The molecule has 0 unspecified atom stereocenters. The second kappa shape index (κ2) is 11.2. The highest BCUT2D eigenvalue weighted by atomic mass is 32.2. The summed E-state index contributed by atoms with van der Waals surface area (Å²) in [4.78, 5) is 29.7. The molecule has 3 aliphatic rings. The maximum absolute atomic E-state index is 13.3. The lowest BCUT2D eigenvalue weighted by molar-refractivity contribution is -0.133. The van der Waals surface area contributed by atoms with Crippen molar-refractivity contribution >= 4 is 21.8 Å². The first-order valence-corrected chi connectivity index (χ1v) is 14.1. The van der Waals surface area contributed by atoms with Crippen LogP contribution in [0, 0.1) is 5.92 Å². The highest BCUT2D eigenvalue weighted by molar-refractivity contribution is 7.89. The highest BCUT2D eigenvalue weighted by Gasteiger charge is 2.31. The van der Waals surface area contributed by atoms with Gasteiger partial charge in [-0.2, -0.15) is 4.31 Å². The standard InChI is InChI=1S/C25H37N3O5S/c1-2-21-8-9-22(19-23(21)34(31,32)28-15-17-33-18-16-28)25(30)27-13-11-26(12-14-27)24(29)10-7-20-5-3-4-6-20/h8-9,19-20H,2-7,10-18H2,1H3. The Kier molecular flexibility index (Phi) is 8.26. The van der Waals surface area contributed by atoms with Gasteiger partial charge in [-0.05, 0) is 36.5 Å². The molecule has 2 heterocycles. The predicted molar refractivity (Wildman–Crippen MR) is 129 cm³/mol. The van der Waals surface area contributed by atoms with Crippen molar-refractivity contribution in [2.45, 2.75) is 56.8 Å². The molecule has 0 radical (unpaired) electrons. The molecule has 0 atom stereocenters. The molecule has 0 N–H and O–H groups in total. The van der Waals surface area contributed by atoms with Gasteiger partial charge in [0.2, 0.25) is 15.9 Å². The minimum atomic E-state index is -3.70. The van der Waals surface area contributed by atoms with E-state index in [1.54, 1.807) is 17.0 Å². The number of hydrogen-bond acceptors (Lipinski definition) is 5. The second-order valence-electron chi connectivity index (χ2n) is 9.55. The number of sulfonamides is 1. The molecule has 2 saturated heterocycles. The van der Waals surface area contributed by atoms with Gasteiger partial charge in [0.05, 0.1) is 18.1 Å². The molecular formula is C25H37N3O5S. The molecule has 2 aliphatic heterocycles. The predicted octanol–water partition coefficient (Wildman–Crippen LogP) is 2.52. The van der Waals surface area contributed by atoms with Gasteiger partial charge in [-0.3, -0.25) is 9.59 Å². The van der Waals surface area contributed by atoms with Crippen molar-refractivity contribution in [2.75, 3.05) is 52.5 Å². The van der Waals surface area contributed by atoms with Gasteiger partial charge >= 0.3 is 0 Å². The Morgan fingerprint density at radius 2 is 1.62 bits per heavy atom. The van der Waals surface area contributed by atoms with Crippen LogP contribution in [-0.4, -0.2) is 86.8 Å². The van der Waals surface area contributed by atoms with E-state index < -0.39 is 10.0 Å². The van der Waals surface area contributed by atoms with Crippen LogP contribution in [0.15, 0.2) is 23.1 Å². The number of ether oxygens (including phenoxy) is 1. The van der Waals surface area contributed by atoms with E-state index in [9.17, 15) is 18.0 Å². The third kappa shape index (κ3) is 5.63. The topological polar surface area (TPSA) is 87.2 Å². The Labute approximate surface area is 203 Å². The molecule has 34 heavy (non-hydrogen) atoms. The molecule has 1 aliphatic carbocycles. The van der Waals surface area contributed by atoms with Crippen molar-refractivity contribution in [2.24, 2.45) is 5.92 Å². The van der Waals surface area contributed by atoms with Gasteiger partial charge < -0.3 is 14.5 Å². The number of rotatable bonds is 7. The summed E-state index contributed by atoms with van der Waals surface area (Å²) < 4.78 is 33.3. The number of hydrogen-bond donors (Lipinski definition) is 0. The van der Waals surface area contributed by atoms with E-state index in [1.165, 1.54) is 36.1 Å². The quantitative estimate of drug-likeness (QED) is 0.585. The lowest BCUT2D eigenvalue weighted by atomic mass is 10.0. The number of carbonyl (C=O) groups excluding carboxylic acids is 2. The van der Waals surface area contributed by atoms with Crippen LogP contribution in [0.25, 0.3) is 0 Å². The van der Waals surface area contributed by atoms with Crippen LogP contribution >= 0.6 is 0 Å². The van der Waals surface area contributed by atoms with Crippen LogP contribution in [-0.2, 0) is 26.0 Å². The third-order valence-electron chi connectivity index (χ3n) is 7.44. The average Bonchev–Trinajstić information content (AvgIpc) is 3.41. The van der Waals surface area contributed by atoms with Crippen LogP contribution in [0.2, 0.25) is 0 Å². The summed E-state index contributed by atoms with van der Waals surface area (Å²) in [6.45, 7) is 5.30. The summed E-state index contributed by atoms with van der Waals surface area (Å²) in [6.07, 6.45) is 7.20. The van der Waals surface area contributed by atoms with Crippen LogP contribution in [0.5, 0.6) is 0 Å². The largest absolute Gasteiger partial charge is 0.379 e. The molecule has 1 saturated carbocycles. The summed E-state index contributed by atoms with van der Waals surface area (Å²) in [5.41, 5.74) is 1.09. The van der Waals surface area contributed by atoms with Crippen molar-refractivity contribution < 1.29 is 22.7 Å². The van der Waals surface area contributed by atoms with Gasteiger partial charge in [-0.25, -0.2) is 8.42 Å². The number of piperazine rings is 1. The summed E-state index contributed by atoms with van der Waals surface area (Å²) in [5.74, 6) is 0.699. The zero-order valence-corrected chi connectivity index (χ0v) is 21.0. The number of carbonyl (C=O) groups is 2. The first-order valence-electron chi connectivity index (χ1n) is 12.7. The molecule has 8 nitrogen and oxygen atoms in total. The van der Waals surface area contributed by atoms with Gasteiger partial charge in [0.1, 0.15) is 0 Å². The van der Waals surface area contributed by atoms with E-state index in [-0.39, 0.29) is 16.7 Å². The van der Waals surface area contributed by atoms with Crippen molar-refractivity contribution in [1.82, 2.24) is 14.1 Å². The molecule has 1 aromatic rings. The Hall–Kier alpha value is -1.97. The third-order valence-corrected chi connectivity index (χ3v) is 9.42. The van der Waals surface area contributed by atoms with Gasteiger partial charge in [-0.1, -0.05) is 38.7 Å². The van der Waals surface area contributed by atoms with Crippen LogP contribution in [0.4, 0.5) is 0 Å². The Bertz CT molecular complexity index is 976. The molecule has 2 amide bonds. The number of aryl methyl sites for hydroxylation is 1. The summed E-state index contributed by atoms with van der Waals surface area (Å²) >= 11 is 0. The summed E-state index contributed by atoms with van der Waals surface area (Å²) in [5, 5.41) is 0. The first-order chi connectivity index (χ1) is 16.4. The van der Waals surface area contributed by atoms with Gasteiger partial charge in [0, 0.05) is 51.3 Å². The van der Waals surface area contributed by atoms with E-state index in [2.05, 4.69) is 0 Å². The fourth-order valence-corrected chi connectivity index (χ4v) is 7.00. The van der Waals surface area contributed by atoms with Crippen LogP contribution < -0.4 is 0 Å². The van der Waals surface area contributed by atoms with Crippen LogP contribution in [0.1, 0.15) is 61.4 Å². The Balaban J connectivity index is 1.39. The maximum atomic E-state index is 13.3. The molecule has 9 heteroatoms. The molecule has 4 rings (SSSR count). The fourth-order valence-electron chi connectivity index (χ4n) is 5.27. The molecular weight excluding hydrogens is 454 g/mol. The fraction of sp³-hybridized carbons (Fsp3) is 0.680. The number of amides is 2. The molecule has 188 valence electrons. The summed E-state index contributed by atoms with van der Waals surface area (Å²) in [7, 11) is -3.70. The van der Waals surface area contributed by atoms with Crippen molar-refractivity contribution in [3.8, 4) is 0 Å². The zero-order chi connectivity index (χ0) is 24.1. The normalized spacial score (nSPS) is 20.6. The zero-order valence-electron chi connectivity index (χ0n) is 20.2. The Morgan fingerprint density at radius 1 is 0.971 bits per heavy atom. The van der Waals surface area contributed by atoms with Crippen molar-refractivity contribution in [1.29, 1.82) is 0 Å². The number of nitrogens with zero attached hydrogens (tertiary/aromatic N) is 3. The molecule has 3 fully saturated rings. The minimum absolute atomic E-state index is 0.181. The molecule has 0 spiro atoms. The highest BCUT2D eigenvalue weighted by Crippen LogP contribution is 2.29. The molecule has 0 aromatic heterocycles. The van der Waals surface area contributed by atoms with Crippen LogP contribution in [0.3, 0.4) is 0 Å². The monoisotopic (exact) mass is 491 g/mol. The van der Waals surface area contributed by atoms with Crippen molar-refractivity contribution in [3.05, 3.63) is 29.3 Å². The van der Waals surface area contributed by atoms with E-state index in [0.29, 0.717) is 82.4 Å². The van der Waals surface area contributed by atoms with E-state index in [4.69, 9.17) is 4.74 Å². The lowest BCUT2D eigenvalue weighted by Crippen LogP contribution is -2.50. The average molecular weight is 492 g/mol. The van der Waals surface area contributed by atoms with Gasteiger partial charge in [0.25, 0.3) is 5.91 Å². The lowest BCUT2D eigenvalue weighted by Gasteiger charge is -2.35. The van der Waals surface area contributed by atoms with E-state index in [0.717, 1.165) is 6.42 Å². The van der Waals surface area contributed by atoms with E-state index in [1.807, 2.05) is 11.8 Å². The second-order valence-corrected chi connectivity index (χ2v) is 11.5. The minimum Gasteiger partial charge on any atom is -0.379 e. The summed E-state index contributed by atoms with van der Waals surface area (Å²) in [6, 6.07) is 5.01. The first kappa shape index (κ1) is 25.1. The maximum Gasteiger partial charge on any atom is 0.254 e. The van der Waals surface area contributed by atoms with Gasteiger partial charge in [0.15, 0.2) is 0 Å². The number of benzene rings is 1. The SMILES string of the molecule is CCc1ccc(C(=O)N2CCN(C(=O)CCC3CCCC3)CC2)cc1S(=O)(=O)N1CCOCC1. The molecule has 1 aromatic carbocycles. The Morgan fingerprint density at radius 3 is 2.26 bits per heavy atom. The smallest absolute Gasteiger partial charge is 0.254 e. The van der Waals surface area contributed by atoms with E-state index >= 15 is 0 Å².